The molecule has 8 nitrogen and oxygen atoms in total. The van der Waals surface area contributed by atoms with Crippen molar-refractivity contribution >= 4 is 23.2 Å². The first-order valence-electron chi connectivity index (χ1n) is 15.2. The highest BCUT2D eigenvalue weighted by molar-refractivity contribution is 6.07. The maximum atomic E-state index is 15.9. The molecule has 13 heteroatoms. The van der Waals surface area contributed by atoms with Crippen molar-refractivity contribution < 1.29 is 31.5 Å². The molecule has 1 aliphatic heterocycles. The number of halogens is 5. The Hall–Kier alpha value is -4.26. The quantitative estimate of drug-likeness (QED) is 0.233. The Morgan fingerprint density at radius 1 is 0.915 bits per heavy atom. The van der Waals surface area contributed by atoms with E-state index in [0.29, 0.717) is 38.2 Å². The van der Waals surface area contributed by atoms with Crippen molar-refractivity contribution in [2.24, 2.45) is 5.41 Å². The molecule has 1 atom stereocenters. The number of alkyl halides is 2. The molecule has 1 aliphatic rings. The van der Waals surface area contributed by atoms with Gasteiger partial charge in [-0.25, -0.2) is 22.0 Å². The van der Waals surface area contributed by atoms with Gasteiger partial charge >= 0.3 is 0 Å². The lowest BCUT2D eigenvalue weighted by molar-refractivity contribution is 0.0886. The van der Waals surface area contributed by atoms with E-state index in [-0.39, 0.29) is 22.8 Å². The van der Waals surface area contributed by atoms with Crippen LogP contribution in [0.3, 0.4) is 0 Å². The van der Waals surface area contributed by atoms with Crippen molar-refractivity contribution in [1.82, 2.24) is 15.2 Å². The van der Waals surface area contributed by atoms with Crippen LogP contribution in [-0.2, 0) is 0 Å². The van der Waals surface area contributed by atoms with Crippen LogP contribution >= 0.6 is 0 Å². The molecule has 1 aromatic heterocycles. The zero-order valence-electron chi connectivity index (χ0n) is 27.5. The lowest BCUT2D eigenvalue weighted by atomic mass is 9.81. The van der Waals surface area contributed by atoms with Crippen LogP contribution in [0, 0.1) is 22.9 Å². The summed E-state index contributed by atoms with van der Waals surface area (Å²) in [6.45, 7) is 12.9. The van der Waals surface area contributed by atoms with E-state index in [1.807, 2.05) is 34.7 Å². The Morgan fingerprint density at radius 3 is 2.17 bits per heavy atom. The number of nitrogens with one attached hydrogen (secondary N) is 3. The van der Waals surface area contributed by atoms with E-state index in [1.54, 1.807) is 18.7 Å². The number of benzene rings is 2. The van der Waals surface area contributed by atoms with Gasteiger partial charge in [-0.15, -0.1) is 0 Å². The molecule has 4 rings (SSSR count). The van der Waals surface area contributed by atoms with Crippen LogP contribution in [0.1, 0.15) is 80.7 Å². The summed E-state index contributed by atoms with van der Waals surface area (Å²) in [5.74, 6) is -5.09. The summed E-state index contributed by atoms with van der Waals surface area (Å²) < 4.78 is 73.8. The second-order valence-corrected chi connectivity index (χ2v) is 13.9. The van der Waals surface area contributed by atoms with Crippen LogP contribution in [-0.4, -0.2) is 60.0 Å². The Morgan fingerprint density at radius 2 is 1.55 bits per heavy atom. The van der Waals surface area contributed by atoms with E-state index >= 15 is 13.2 Å². The molecule has 47 heavy (non-hydrogen) atoms. The lowest BCUT2D eigenvalue weighted by Gasteiger charge is -2.39. The molecule has 0 aliphatic carbocycles. The second kappa shape index (κ2) is 13.5. The van der Waals surface area contributed by atoms with Crippen molar-refractivity contribution in [2.45, 2.75) is 66.0 Å². The zero-order valence-corrected chi connectivity index (χ0v) is 27.5. The van der Waals surface area contributed by atoms with Crippen LogP contribution in [0.5, 0.6) is 0 Å². The zero-order chi connectivity index (χ0) is 35.0. The van der Waals surface area contributed by atoms with Crippen molar-refractivity contribution in [3.05, 3.63) is 81.0 Å². The van der Waals surface area contributed by atoms with Gasteiger partial charge in [-0.2, -0.15) is 0 Å². The van der Waals surface area contributed by atoms with Gasteiger partial charge in [0.2, 0.25) is 5.56 Å². The highest BCUT2D eigenvalue weighted by Gasteiger charge is 2.30. The van der Waals surface area contributed by atoms with Crippen molar-refractivity contribution in [2.75, 3.05) is 36.9 Å². The first kappa shape index (κ1) is 35.6. The van der Waals surface area contributed by atoms with Crippen LogP contribution in [0.2, 0.25) is 0 Å². The number of carbonyl (C=O) groups excluding carboxylic acids is 2. The smallest absolute Gasteiger partial charge is 0.264 e. The number of carbonyl (C=O) groups is 2. The number of hydrogen-bond acceptors (Lipinski definition) is 5. The molecule has 2 heterocycles. The van der Waals surface area contributed by atoms with Gasteiger partial charge < -0.3 is 25.4 Å². The topological polar surface area (TPSA) is 97.5 Å². The van der Waals surface area contributed by atoms with Gasteiger partial charge in [0.1, 0.15) is 17.5 Å². The molecule has 0 bridgehead atoms. The highest BCUT2D eigenvalue weighted by atomic mass is 19.3. The summed E-state index contributed by atoms with van der Waals surface area (Å²) in [7, 11) is 1.92. The SMILES string of the molecule is C[C@H]1CN(c2cc(F)c(-c3cc(C(=O)NC(C)(C)CC(C)(C)C)c(F)cc3F)cc2NC(=O)c2c[nH]c(=O)cc2C(F)F)CCN1C. The molecule has 254 valence electrons. The van der Waals surface area contributed by atoms with E-state index < -0.39 is 74.6 Å². The largest absolute Gasteiger partial charge is 0.367 e. The van der Waals surface area contributed by atoms with Gasteiger partial charge in [-0.05, 0) is 57.9 Å². The monoisotopic (exact) mass is 661 g/mol. The van der Waals surface area contributed by atoms with Gasteiger partial charge in [-0.3, -0.25) is 14.4 Å². The van der Waals surface area contributed by atoms with E-state index in [4.69, 9.17) is 0 Å². The molecule has 1 saturated heterocycles. The van der Waals surface area contributed by atoms with Gasteiger partial charge in [0.05, 0.1) is 22.5 Å². The number of piperazine rings is 1. The van der Waals surface area contributed by atoms with Gasteiger partial charge in [0.15, 0.2) is 0 Å². The number of pyridine rings is 1. The minimum absolute atomic E-state index is 0.0258. The number of hydrogen-bond donors (Lipinski definition) is 3. The molecule has 1 fully saturated rings. The molecule has 0 spiro atoms. The van der Waals surface area contributed by atoms with E-state index in [9.17, 15) is 23.2 Å². The minimum atomic E-state index is -3.15. The normalized spacial score (nSPS) is 16.0. The van der Waals surface area contributed by atoms with Gasteiger partial charge in [0.25, 0.3) is 18.2 Å². The Balaban J connectivity index is 1.82. The first-order chi connectivity index (χ1) is 21.8. The number of H-pyrrole nitrogens is 1. The molecule has 2 aromatic carbocycles. The number of likely N-dealkylation sites (N-methyl/N-ethyl adjacent to an activating group) is 1. The number of aromatic amines is 1. The number of nitrogens with zero attached hydrogens (tertiary/aromatic N) is 2. The molecule has 3 aromatic rings. The number of aromatic nitrogens is 1. The van der Waals surface area contributed by atoms with E-state index in [0.717, 1.165) is 24.4 Å². The predicted octanol–water partition coefficient (Wildman–Crippen LogP) is 6.73. The maximum Gasteiger partial charge on any atom is 0.264 e. The van der Waals surface area contributed by atoms with E-state index in [2.05, 4.69) is 20.5 Å². The minimum Gasteiger partial charge on any atom is -0.367 e. The molecule has 0 unspecified atom stereocenters. The molecule has 3 N–H and O–H groups in total. The fraction of sp³-hybridized carbons (Fsp3) is 0.441. The summed E-state index contributed by atoms with van der Waals surface area (Å²) in [6, 6.07) is 4.25. The average Bonchev–Trinajstić information content (AvgIpc) is 2.93. The number of amides is 2. The molecular weight excluding hydrogens is 621 g/mol. The lowest BCUT2D eigenvalue weighted by Crippen LogP contribution is -2.50. The third-order valence-corrected chi connectivity index (χ3v) is 8.09. The standard InChI is InChI=1S/C34H40F5N5O3/c1-18-16-44(9-8-43(18)7)28-14-26(37)20(11-27(28)41-31(46)23-15-40-29(45)12-21(23)30(38)39)19-10-22(25(36)13-24(19)35)32(47)42-34(5,6)17-33(2,3)4/h10-15,18,30H,8-9,16-17H2,1-7H3,(H,40,45)(H,41,46)(H,42,47)/t18-/m0/s1. The molecule has 2 amide bonds. The fourth-order valence-corrected chi connectivity index (χ4v) is 6.13. The summed E-state index contributed by atoms with van der Waals surface area (Å²) in [5, 5.41) is 5.30. The Labute approximate surface area is 270 Å². The Bertz CT molecular complexity index is 1730. The van der Waals surface area contributed by atoms with Crippen molar-refractivity contribution in [1.29, 1.82) is 0 Å². The first-order valence-corrected chi connectivity index (χ1v) is 15.2. The molecule has 0 saturated carbocycles. The van der Waals surface area contributed by atoms with Crippen molar-refractivity contribution in [3.8, 4) is 11.1 Å². The molecular formula is C34H40F5N5O3. The molecule has 0 radical (unpaired) electrons. The van der Waals surface area contributed by atoms with Gasteiger partial charge in [-0.1, -0.05) is 20.8 Å². The average molecular weight is 662 g/mol. The van der Waals surface area contributed by atoms with Crippen LogP contribution < -0.4 is 21.1 Å². The van der Waals surface area contributed by atoms with Gasteiger partial charge in [0, 0.05) is 66.2 Å². The fourth-order valence-electron chi connectivity index (χ4n) is 6.13. The van der Waals surface area contributed by atoms with Crippen LogP contribution in [0.15, 0.2) is 41.3 Å². The third kappa shape index (κ3) is 8.37. The second-order valence-electron chi connectivity index (χ2n) is 13.9. The number of rotatable bonds is 8. The third-order valence-electron chi connectivity index (χ3n) is 8.09. The van der Waals surface area contributed by atoms with Crippen molar-refractivity contribution in [3.63, 3.8) is 0 Å². The van der Waals surface area contributed by atoms with E-state index in [1.165, 1.54) is 0 Å². The summed E-state index contributed by atoms with van der Waals surface area (Å²) in [4.78, 5) is 44.4. The summed E-state index contributed by atoms with van der Waals surface area (Å²) in [6.07, 6.45) is -1.76. The summed E-state index contributed by atoms with van der Waals surface area (Å²) in [5.41, 5.74) is -4.31. The maximum absolute atomic E-state index is 15.9. The number of anilines is 2. The van der Waals surface area contributed by atoms with Crippen LogP contribution in [0.25, 0.3) is 11.1 Å². The summed E-state index contributed by atoms with van der Waals surface area (Å²) >= 11 is 0. The Kier molecular flexibility index (Phi) is 10.2. The highest BCUT2D eigenvalue weighted by Crippen LogP contribution is 2.38. The van der Waals surface area contributed by atoms with Crippen LogP contribution in [0.4, 0.5) is 33.3 Å². The predicted molar refractivity (Wildman–Crippen MR) is 172 cm³/mol.